The van der Waals surface area contributed by atoms with E-state index in [1.54, 1.807) is 116 Å². The van der Waals surface area contributed by atoms with Crippen LogP contribution in [0.1, 0.15) is 184 Å². The van der Waals surface area contributed by atoms with Gasteiger partial charge in [-0.05, 0) is 105 Å². The summed E-state index contributed by atoms with van der Waals surface area (Å²) in [6.45, 7) is 24.1. The Labute approximate surface area is 586 Å². The maximum Gasteiger partial charge on any atom is 0.410 e. The van der Waals surface area contributed by atoms with Crippen molar-refractivity contribution in [2.45, 2.75) is 234 Å². The number of hydrogen-bond acceptors (Lipinski definition) is 16. The molecule has 1 aliphatic heterocycles. The summed E-state index contributed by atoms with van der Waals surface area (Å²) in [5.74, 6) is -5.60. The van der Waals surface area contributed by atoms with Crippen LogP contribution in [0.3, 0.4) is 0 Å². The molecule has 0 saturated carbocycles. The smallest absolute Gasteiger partial charge is 0.410 e. The number of rotatable bonds is 38. The third-order valence-corrected chi connectivity index (χ3v) is 19.1. The monoisotopic (exact) mass is 1380 g/mol. The second kappa shape index (κ2) is 39.9. The first kappa shape index (κ1) is 83.6. The fraction of sp³-hybridized carbons (Fsp3) is 0.662. The van der Waals surface area contributed by atoms with E-state index in [1.807, 2.05) is 45.9 Å². The molecule has 1 heterocycles. The molecule has 1 aliphatic carbocycles. The number of aliphatic hydroxyl groups is 2. The second-order valence-electron chi connectivity index (χ2n) is 28.6. The molecule has 25 nitrogen and oxygen atoms in total. The van der Waals surface area contributed by atoms with E-state index in [1.165, 1.54) is 33.2 Å². The number of aliphatic imine (C=N–C) groups is 1. The summed E-state index contributed by atoms with van der Waals surface area (Å²) in [6.07, 6.45) is 0.707. The van der Waals surface area contributed by atoms with E-state index >= 15 is 0 Å². The molecule has 1 fully saturated rings. The van der Waals surface area contributed by atoms with Crippen LogP contribution in [0.2, 0.25) is 0 Å². The number of likely N-dealkylation sites (N-methyl/N-ethyl adjacent to an activating group) is 2. The van der Waals surface area contributed by atoms with E-state index in [-0.39, 0.29) is 104 Å². The van der Waals surface area contributed by atoms with E-state index in [9.17, 15) is 58.2 Å². The molecule has 2 aromatic rings. The summed E-state index contributed by atoms with van der Waals surface area (Å²) in [4.78, 5) is 146. The predicted molar refractivity (Wildman–Crippen MR) is 380 cm³/mol. The Hall–Kier alpha value is -7.77. The number of methoxy groups -OCH3 is 2. The largest absolute Gasteiger partial charge is 0.511 e. The van der Waals surface area contributed by atoms with Crippen LogP contribution in [0, 0.1) is 35.0 Å². The molecule has 0 bridgehead atoms. The number of hydrogen-bond donors (Lipinski definition) is 8. The van der Waals surface area contributed by atoms with Crippen LogP contribution < -0.4 is 31.9 Å². The highest BCUT2D eigenvalue weighted by molar-refractivity contribution is 6.22. The van der Waals surface area contributed by atoms with Gasteiger partial charge >= 0.3 is 6.09 Å². The van der Waals surface area contributed by atoms with E-state index in [2.05, 4.69) is 36.9 Å². The number of carbonyl (C=O) groups is 10. The summed E-state index contributed by atoms with van der Waals surface area (Å²) in [5.41, 5.74) is 1.86. The molecule has 99 heavy (non-hydrogen) atoms. The highest BCUT2D eigenvalue weighted by Gasteiger charge is 2.44. The Morgan fingerprint density at radius 2 is 1.37 bits per heavy atom. The molecule has 0 spiro atoms. The molecule has 9 amide bonds. The fourth-order valence-corrected chi connectivity index (χ4v) is 13.2. The van der Waals surface area contributed by atoms with Crippen molar-refractivity contribution in [3.8, 4) is 0 Å². The second-order valence-corrected chi connectivity index (χ2v) is 28.6. The summed E-state index contributed by atoms with van der Waals surface area (Å²) in [6, 6.07) is 9.66. The molecule has 0 unspecified atom stereocenters. The zero-order valence-corrected chi connectivity index (χ0v) is 62.0. The average Bonchev–Trinajstić information content (AvgIpc) is 1.66. The molecule has 0 aromatic heterocycles. The lowest BCUT2D eigenvalue weighted by Gasteiger charge is -2.41. The fourth-order valence-electron chi connectivity index (χ4n) is 13.2. The lowest BCUT2D eigenvalue weighted by molar-refractivity contribution is -0.148. The molecule has 2 aliphatic rings. The van der Waals surface area contributed by atoms with Crippen LogP contribution in [0.4, 0.5) is 10.5 Å². The summed E-state index contributed by atoms with van der Waals surface area (Å²) < 4.78 is 17.8. The van der Waals surface area contributed by atoms with Crippen molar-refractivity contribution < 1.29 is 72.4 Å². The van der Waals surface area contributed by atoms with Gasteiger partial charge in [-0.3, -0.25) is 53.0 Å². The van der Waals surface area contributed by atoms with Gasteiger partial charge in [-0.15, -0.1) is 0 Å². The topological polar surface area (TPSA) is 333 Å². The highest BCUT2D eigenvalue weighted by Crippen LogP contribution is 2.36. The predicted octanol–water partition coefficient (Wildman–Crippen LogP) is 7.89. The first-order valence-corrected chi connectivity index (χ1v) is 35.1. The van der Waals surface area contributed by atoms with Gasteiger partial charge in [0.05, 0.1) is 54.3 Å². The van der Waals surface area contributed by atoms with Crippen molar-refractivity contribution in [1.82, 2.24) is 41.3 Å². The van der Waals surface area contributed by atoms with Crippen molar-refractivity contribution in [3.63, 3.8) is 0 Å². The van der Waals surface area contributed by atoms with Crippen LogP contribution >= 0.6 is 0 Å². The quantitative estimate of drug-likeness (QED) is 0.0234. The molecule has 25 heteroatoms. The van der Waals surface area contributed by atoms with Crippen LogP contribution in [-0.4, -0.2) is 193 Å². The first-order chi connectivity index (χ1) is 46.6. The maximum atomic E-state index is 14.9. The van der Waals surface area contributed by atoms with Gasteiger partial charge in [0.1, 0.15) is 36.5 Å². The maximum absolute atomic E-state index is 14.9. The lowest BCUT2D eigenvalue weighted by Crippen LogP contribution is -2.60. The van der Waals surface area contributed by atoms with Crippen LogP contribution in [0.15, 0.2) is 70.9 Å². The van der Waals surface area contributed by atoms with Crippen molar-refractivity contribution in [3.05, 3.63) is 77.1 Å². The van der Waals surface area contributed by atoms with Gasteiger partial charge in [-0.1, -0.05) is 125 Å². The lowest BCUT2D eigenvalue weighted by atomic mass is 9.76. The number of Topliss-reactive ketones (excluding diaryl/α,β-unsaturated/α-hetero) is 1. The molecule has 552 valence electrons. The summed E-state index contributed by atoms with van der Waals surface area (Å²) in [7, 11) is 7.61. The zero-order valence-electron chi connectivity index (χ0n) is 62.0. The number of ether oxygens (including phenoxy) is 3. The number of anilines is 1. The minimum Gasteiger partial charge on any atom is -0.511 e. The van der Waals surface area contributed by atoms with E-state index < -0.39 is 114 Å². The van der Waals surface area contributed by atoms with Crippen molar-refractivity contribution in [2.24, 2.45) is 40.0 Å². The SMILES string of the molecule is CC[C@@H](C)[C@H]([C@H](CC(=O)N1CCC[C@@H]1[C@@H](OC)[C@H](C)C(=O)N[C@@H](C)[C@H](O)c1ccccc1)OC)N(C)C(=O)[C@H](NC(=O)[C@@H](C(C)C)N(C)C(=O)OCc1ccc(NC(=O)[C@@H](CCCCN=C(C)C2=C(O)CC(C)(C)CC2=O)NC(=O)[C@H](NC(=O)CCCC(=O)NC)C(C)C)cc1)C(C)C. The minimum atomic E-state index is -1.09. The van der Waals surface area contributed by atoms with Crippen LogP contribution in [-0.2, 0) is 64.0 Å². The first-order valence-electron chi connectivity index (χ1n) is 35.1. The number of ketones is 1. The normalized spacial score (nSPS) is 18.2. The van der Waals surface area contributed by atoms with E-state index in [0.29, 0.717) is 67.6 Å². The molecule has 0 radical (unpaired) electrons. The molecule has 2 aromatic carbocycles. The number of likely N-dealkylation sites (tertiary alicyclic amines) is 1. The Balaban J connectivity index is 1.43. The Bertz CT molecular complexity index is 3100. The van der Waals surface area contributed by atoms with Gasteiger partial charge in [-0.2, -0.15) is 0 Å². The number of nitrogens with one attached hydrogen (secondary N) is 6. The number of unbranched alkanes of at least 4 members (excludes halogenated alkanes) is 1. The highest BCUT2D eigenvalue weighted by atomic mass is 16.6. The van der Waals surface area contributed by atoms with Crippen LogP contribution in [0.25, 0.3) is 0 Å². The van der Waals surface area contributed by atoms with E-state index in [4.69, 9.17) is 14.2 Å². The summed E-state index contributed by atoms with van der Waals surface area (Å²) >= 11 is 0. The number of amides is 9. The van der Waals surface area contributed by atoms with Crippen molar-refractivity contribution in [1.29, 1.82) is 0 Å². The molecular weight excluding hydrogens is 1270 g/mol. The molecular formula is C74H116N10O15. The van der Waals surface area contributed by atoms with E-state index in [0.717, 1.165) is 0 Å². The zero-order chi connectivity index (χ0) is 74.2. The van der Waals surface area contributed by atoms with Gasteiger partial charge < -0.3 is 66.1 Å². The Kier molecular flexibility index (Phi) is 33.7. The number of aliphatic hydroxyl groups excluding tert-OH is 2. The van der Waals surface area contributed by atoms with Crippen molar-refractivity contribution in [2.75, 3.05) is 53.8 Å². The Morgan fingerprint density at radius 3 is 1.95 bits per heavy atom. The van der Waals surface area contributed by atoms with Crippen molar-refractivity contribution >= 4 is 70.5 Å². The van der Waals surface area contributed by atoms with Gasteiger partial charge in [0.15, 0.2) is 5.78 Å². The molecule has 1 saturated heterocycles. The van der Waals surface area contributed by atoms with Crippen LogP contribution in [0.5, 0.6) is 0 Å². The van der Waals surface area contributed by atoms with Gasteiger partial charge in [-0.25, -0.2) is 4.79 Å². The van der Waals surface area contributed by atoms with Gasteiger partial charge in [0.2, 0.25) is 47.3 Å². The van der Waals surface area contributed by atoms with Gasteiger partial charge in [0.25, 0.3) is 0 Å². The summed E-state index contributed by atoms with van der Waals surface area (Å²) in [5, 5.41) is 38.6. The number of carbonyl (C=O) groups excluding carboxylic acids is 10. The number of nitrogens with zero attached hydrogens (tertiary/aromatic N) is 4. The molecule has 12 atom stereocenters. The van der Waals surface area contributed by atoms with Gasteiger partial charge in [0, 0.05) is 85.5 Å². The standard InChI is InChI=1S/C74H116N10O15/c1-19-46(8)65(57(97-17)39-60(89)84-38-26-30-54(84)67(98-18)47(9)68(91)77-49(11)66(90)51-27-21-20-22-28-51)82(15)72(95)63(44(4)5)81-71(94)64(45(6)7)83(16)73(96)99-42-50-33-35-52(36-34-50)78-69(92)53(79-70(93)62(43(2)3)80-59(88)32-25-31-58(87)75-14)29-23-24-37-76-48(10)61-55(85)40-74(12,13)41-56(61)86/h20-22,27-28,33-36,43-47,49,53-54,57,62-67,85,90H,19,23-26,29-32,37-42H2,1-18H3,(H,75,87)(H,77,91)(H,78,92)(H,79,93)(H,80,88)(H,81,94)/t46-,47+,49+,53-,54-,57+,62-,63-,64-,65-,66+,67+/m1/s1. The third-order valence-electron chi connectivity index (χ3n) is 19.1. The molecule has 8 N–H and O–H groups in total. The number of benzene rings is 2. The average molecular weight is 1390 g/mol. The third kappa shape index (κ3) is 24.5. The Morgan fingerprint density at radius 1 is 0.737 bits per heavy atom. The molecule has 4 rings (SSSR count). The number of allylic oxidation sites excluding steroid dienone is 2. The minimum absolute atomic E-state index is 0.00896.